The van der Waals surface area contributed by atoms with Crippen molar-refractivity contribution in [3.8, 4) is 23.0 Å². The van der Waals surface area contributed by atoms with Gasteiger partial charge in [0.1, 0.15) is 5.75 Å². The summed E-state index contributed by atoms with van der Waals surface area (Å²) in [6.45, 7) is 6.87. The van der Waals surface area contributed by atoms with E-state index in [2.05, 4.69) is 28.1 Å². The minimum atomic E-state index is 0. The summed E-state index contributed by atoms with van der Waals surface area (Å²) in [6, 6.07) is 12.0. The van der Waals surface area contributed by atoms with Crippen LogP contribution in [0.15, 0.2) is 41.4 Å². The van der Waals surface area contributed by atoms with E-state index < -0.39 is 0 Å². The van der Waals surface area contributed by atoms with E-state index in [1.54, 1.807) is 28.4 Å². The van der Waals surface area contributed by atoms with Gasteiger partial charge in [0.05, 0.1) is 40.7 Å². The Balaban J connectivity index is 0.00000385. The molecule has 0 atom stereocenters. The average molecular weight is 570 g/mol. The fourth-order valence-electron chi connectivity index (χ4n) is 3.92. The molecule has 3 rings (SSSR count). The molecule has 0 bridgehead atoms. The predicted octanol–water partition coefficient (Wildman–Crippen LogP) is 3.63. The summed E-state index contributed by atoms with van der Waals surface area (Å²) >= 11 is 0. The van der Waals surface area contributed by atoms with Gasteiger partial charge in [-0.3, -0.25) is 0 Å². The Morgan fingerprint density at radius 1 is 0.848 bits per heavy atom. The second-order valence-corrected chi connectivity index (χ2v) is 7.31. The number of piperazine rings is 1. The van der Waals surface area contributed by atoms with E-state index in [-0.39, 0.29) is 24.0 Å². The van der Waals surface area contributed by atoms with Gasteiger partial charge in [0.25, 0.3) is 0 Å². The number of hydrogen-bond acceptors (Lipinski definition) is 6. The Labute approximate surface area is 213 Å². The van der Waals surface area contributed by atoms with Gasteiger partial charge in [-0.1, -0.05) is 12.1 Å². The zero-order valence-electron chi connectivity index (χ0n) is 20.1. The first-order chi connectivity index (χ1) is 15.7. The predicted molar refractivity (Wildman–Crippen MR) is 143 cm³/mol. The molecular weight excluding hydrogens is 535 g/mol. The number of aliphatic imine (C=N–C) groups is 1. The van der Waals surface area contributed by atoms with Crippen LogP contribution in [-0.4, -0.2) is 72.0 Å². The summed E-state index contributed by atoms with van der Waals surface area (Å²) < 4.78 is 22.0. The Bertz CT molecular complexity index is 917. The maximum atomic E-state index is 5.61. The Hall–Kier alpha value is -2.56. The number of benzene rings is 2. The molecule has 0 saturated carbocycles. The lowest BCUT2D eigenvalue weighted by Gasteiger charge is -2.38. The summed E-state index contributed by atoms with van der Waals surface area (Å²) in [5, 5.41) is 3.42. The first-order valence-corrected chi connectivity index (χ1v) is 10.9. The monoisotopic (exact) mass is 570 g/mol. The fourth-order valence-corrected chi connectivity index (χ4v) is 3.92. The number of guanidine groups is 1. The van der Waals surface area contributed by atoms with Crippen molar-refractivity contribution in [2.24, 2.45) is 4.99 Å². The molecule has 2 aromatic carbocycles. The molecule has 0 amide bonds. The molecule has 1 heterocycles. The van der Waals surface area contributed by atoms with Crippen LogP contribution < -0.4 is 29.2 Å². The molecule has 1 aliphatic heterocycles. The number of para-hydroxylation sites is 2. The van der Waals surface area contributed by atoms with Crippen LogP contribution in [-0.2, 0) is 6.54 Å². The molecule has 0 radical (unpaired) electrons. The zero-order valence-corrected chi connectivity index (χ0v) is 22.4. The van der Waals surface area contributed by atoms with Crippen molar-refractivity contribution in [1.29, 1.82) is 0 Å². The summed E-state index contributed by atoms with van der Waals surface area (Å²) in [5.41, 5.74) is 2.07. The maximum Gasteiger partial charge on any atom is 0.203 e. The fraction of sp³-hybridized carbons (Fsp3) is 0.458. The third kappa shape index (κ3) is 6.27. The van der Waals surface area contributed by atoms with Gasteiger partial charge >= 0.3 is 0 Å². The largest absolute Gasteiger partial charge is 0.495 e. The molecule has 8 nitrogen and oxygen atoms in total. The Morgan fingerprint density at radius 3 is 2.12 bits per heavy atom. The van der Waals surface area contributed by atoms with Crippen molar-refractivity contribution in [2.75, 3.05) is 66.1 Å². The van der Waals surface area contributed by atoms with Gasteiger partial charge in [0, 0.05) is 38.3 Å². The van der Waals surface area contributed by atoms with Crippen LogP contribution in [0.3, 0.4) is 0 Å². The standard InChI is InChI=1S/C24H34N4O4.HI/c1-6-25-24(26-17-18-11-12-21(30-3)23(32-5)22(18)31-4)28-15-13-27(14-16-28)19-9-7-8-10-20(19)29-2;/h7-12H,6,13-17H2,1-5H3,(H,25,26);1H. The molecule has 1 fully saturated rings. The number of rotatable bonds is 8. The molecule has 1 aliphatic rings. The number of ether oxygens (including phenoxy) is 4. The topological polar surface area (TPSA) is 67.8 Å². The highest BCUT2D eigenvalue weighted by molar-refractivity contribution is 14.0. The van der Waals surface area contributed by atoms with Crippen LogP contribution >= 0.6 is 24.0 Å². The van der Waals surface area contributed by atoms with Crippen LogP contribution in [0.4, 0.5) is 5.69 Å². The molecule has 0 spiro atoms. The van der Waals surface area contributed by atoms with E-state index in [0.29, 0.717) is 23.8 Å². The second kappa shape index (κ2) is 13.2. The van der Waals surface area contributed by atoms with Crippen molar-refractivity contribution in [1.82, 2.24) is 10.2 Å². The summed E-state index contributed by atoms with van der Waals surface area (Å²) in [6.07, 6.45) is 0. The second-order valence-electron chi connectivity index (χ2n) is 7.31. The molecule has 0 unspecified atom stereocenters. The summed E-state index contributed by atoms with van der Waals surface area (Å²) in [5.74, 6) is 3.66. The summed E-state index contributed by atoms with van der Waals surface area (Å²) in [7, 11) is 6.57. The van der Waals surface area contributed by atoms with Crippen LogP contribution in [0.5, 0.6) is 23.0 Å². The smallest absolute Gasteiger partial charge is 0.203 e. The quantitative estimate of drug-likeness (QED) is 0.296. The van der Waals surface area contributed by atoms with Crippen LogP contribution in [0.2, 0.25) is 0 Å². The number of nitrogens with one attached hydrogen (secondary N) is 1. The van der Waals surface area contributed by atoms with Gasteiger partial charge in [-0.25, -0.2) is 4.99 Å². The normalized spacial score (nSPS) is 13.8. The molecule has 33 heavy (non-hydrogen) atoms. The van der Waals surface area contributed by atoms with E-state index in [9.17, 15) is 0 Å². The van der Waals surface area contributed by atoms with Crippen LogP contribution in [0, 0.1) is 0 Å². The lowest BCUT2D eigenvalue weighted by atomic mass is 10.1. The lowest BCUT2D eigenvalue weighted by molar-refractivity contribution is 0.322. The molecule has 1 N–H and O–H groups in total. The van der Waals surface area contributed by atoms with Crippen LogP contribution in [0.25, 0.3) is 0 Å². The van der Waals surface area contributed by atoms with E-state index in [0.717, 1.165) is 55.7 Å². The van der Waals surface area contributed by atoms with Gasteiger partial charge in [-0.15, -0.1) is 24.0 Å². The first-order valence-electron chi connectivity index (χ1n) is 10.9. The van der Waals surface area contributed by atoms with Gasteiger partial charge < -0.3 is 34.1 Å². The average Bonchev–Trinajstić information content (AvgIpc) is 2.85. The van der Waals surface area contributed by atoms with Gasteiger partial charge in [-0.2, -0.15) is 0 Å². The molecule has 9 heteroatoms. The highest BCUT2D eigenvalue weighted by Gasteiger charge is 2.22. The zero-order chi connectivity index (χ0) is 22.9. The SMILES string of the molecule is CCNC(=NCc1ccc(OC)c(OC)c1OC)N1CCN(c2ccccc2OC)CC1.I. The van der Waals surface area contributed by atoms with Crippen molar-refractivity contribution in [3.63, 3.8) is 0 Å². The lowest BCUT2D eigenvalue weighted by Crippen LogP contribution is -2.52. The van der Waals surface area contributed by atoms with Crippen molar-refractivity contribution in [2.45, 2.75) is 13.5 Å². The van der Waals surface area contributed by atoms with E-state index in [4.69, 9.17) is 23.9 Å². The van der Waals surface area contributed by atoms with E-state index >= 15 is 0 Å². The van der Waals surface area contributed by atoms with Gasteiger partial charge in [-0.05, 0) is 31.2 Å². The maximum absolute atomic E-state index is 5.61. The molecule has 0 aliphatic carbocycles. The molecule has 0 aromatic heterocycles. The Kier molecular flexibility index (Phi) is 10.7. The van der Waals surface area contributed by atoms with Crippen molar-refractivity contribution in [3.05, 3.63) is 42.0 Å². The third-order valence-corrected chi connectivity index (χ3v) is 5.52. The van der Waals surface area contributed by atoms with Crippen molar-refractivity contribution < 1.29 is 18.9 Å². The number of methoxy groups -OCH3 is 4. The van der Waals surface area contributed by atoms with Gasteiger partial charge in [0.2, 0.25) is 5.75 Å². The third-order valence-electron chi connectivity index (χ3n) is 5.52. The molecule has 182 valence electrons. The van der Waals surface area contributed by atoms with Crippen molar-refractivity contribution >= 4 is 35.6 Å². The highest BCUT2D eigenvalue weighted by Crippen LogP contribution is 2.40. The number of hydrogen-bond donors (Lipinski definition) is 1. The van der Waals surface area contributed by atoms with E-state index in [1.165, 1.54) is 0 Å². The number of anilines is 1. The summed E-state index contributed by atoms with van der Waals surface area (Å²) in [4.78, 5) is 9.54. The minimum Gasteiger partial charge on any atom is -0.495 e. The number of nitrogens with zero attached hydrogens (tertiary/aromatic N) is 3. The Morgan fingerprint density at radius 2 is 1.52 bits per heavy atom. The highest BCUT2D eigenvalue weighted by atomic mass is 127. The molecular formula is C24H35IN4O4. The number of halogens is 1. The first kappa shape index (κ1) is 26.7. The minimum absolute atomic E-state index is 0. The van der Waals surface area contributed by atoms with E-state index in [1.807, 2.05) is 30.3 Å². The molecule has 1 saturated heterocycles. The molecule has 2 aromatic rings. The van der Waals surface area contributed by atoms with Crippen LogP contribution in [0.1, 0.15) is 12.5 Å². The van der Waals surface area contributed by atoms with Gasteiger partial charge in [0.15, 0.2) is 17.5 Å².